The number of hydrogen-bond acceptors (Lipinski definition) is 4. The standard InChI is InChI=1S/C16H11BrN4OS/c17-10-7-11(15-18-5-6-21(15)9-10)16(22)19-8-14-20-12-3-1-2-4-13(12)23-14/h1-7,9H,8H2,(H,19,22). The van der Waals surface area contributed by atoms with E-state index < -0.39 is 0 Å². The molecule has 0 saturated carbocycles. The maximum Gasteiger partial charge on any atom is 0.255 e. The maximum atomic E-state index is 12.5. The van der Waals surface area contributed by atoms with Crippen molar-refractivity contribution in [2.45, 2.75) is 6.54 Å². The smallest absolute Gasteiger partial charge is 0.255 e. The Bertz CT molecular complexity index is 990. The SMILES string of the molecule is O=C(NCc1nc2ccccc2s1)c1cc(Br)cn2ccnc12. The van der Waals surface area contributed by atoms with Crippen LogP contribution in [0.1, 0.15) is 15.4 Å². The van der Waals surface area contributed by atoms with Crippen molar-refractivity contribution in [1.82, 2.24) is 19.7 Å². The molecule has 0 aliphatic heterocycles. The molecule has 23 heavy (non-hydrogen) atoms. The van der Waals surface area contributed by atoms with Gasteiger partial charge in [-0.3, -0.25) is 4.79 Å². The fourth-order valence-electron chi connectivity index (χ4n) is 2.41. The van der Waals surface area contributed by atoms with Gasteiger partial charge in [0.1, 0.15) is 10.7 Å². The topological polar surface area (TPSA) is 59.3 Å². The summed E-state index contributed by atoms with van der Waals surface area (Å²) in [6.07, 6.45) is 5.35. The Labute approximate surface area is 144 Å². The molecular weight excluding hydrogens is 376 g/mol. The Morgan fingerprint density at radius 1 is 1.35 bits per heavy atom. The van der Waals surface area contributed by atoms with Crippen LogP contribution < -0.4 is 5.32 Å². The Morgan fingerprint density at radius 2 is 2.22 bits per heavy atom. The highest BCUT2D eigenvalue weighted by Crippen LogP contribution is 2.22. The molecule has 0 saturated heterocycles. The van der Waals surface area contributed by atoms with Crippen molar-refractivity contribution < 1.29 is 4.79 Å². The van der Waals surface area contributed by atoms with Crippen molar-refractivity contribution in [2.24, 2.45) is 0 Å². The summed E-state index contributed by atoms with van der Waals surface area (Å²) in [4.78, 5) is 21.2. The van der Waals surface area contributed by atoms with Gasteiger partial charge in [0, 0.05) is 23.1 Å². The number of imidazole rings is 1. The van der Waals surface area contributed by atoms with Crippen LogP contribution in [-0.4, -0.2) is 20.3 Å². The number of para-hydroxylation sites is 1. The Hall–Kier alpha value is -2.25. The predicted molar refractivity (Wildman–Crippen MR) is 93.7 cm³/mol. The van der Waals surface area contributed by atoms with Gasteiger partial charge in [-0.15, -0.1) is 11.3 Å². The van der Waals surface area contributed by atoms with Crippen molar-refractivity contribution in [3.05, 3.63) is 64.0 Å². The normalized spacial score (nSPS) is 11.2. The largest absolute Gasteiger partial charge is 0.345 e. The van der Waals surface area contributed by atoms with E-state index >= 15 is 0 Å². The third-order valence-corrected chi connectivity index (χ3v) is 4.91. The number of rotatable bonds is 3. The van der Waals surface area contributed by atoms with E-state index in [0.29, 0.717) is 17.8 Å². The molecule has 0 bridgehead atoms. The van der Waals surface area contributed by atoms with Crippen molar-refractivity contribution in [3.8, 4) is 0 Å². The van der Waals surface area contributed by atoms with E-state index in [1.807, 2.05) is 41.1 Å². The zero-order valence-corrected chi connectivity index (χ0v) is 14.3. The number of pyridine rings is 1. The van der Waals surface area contributed by atoms with Gasteiger partial charge in [-0.2, -0.15) is 0 Å². The Kier molecular flexibility index (Phi) is 3.59. The number of nitrogens with zero attached hydrogens (tertiary/aromatic N) is 3. The molecule has 0 radical (unpaired) electrons. The second kappa shape index (κ2) is 5.75. The van der Waals surface area contributed by atoms with Gasteiger partial charge in [0.25, 0.3) is 5.91 Å². The van der Waals surface area contributed by atoms with Crippen LogP contribution >= 0.6 is 27.3 Å². The summed E-state index contributed by atoms with van der Waals surface area (Å²) in [5, 5.41) is 3.80. The van der Waals surface area contributed by atoms with Crippen LogP contribution in [0.5, 0.6) is 0 Å². The quantitative estimate of drug-likeness (QED) is 0.584. The molecule has 1 aromatic carbocycles. The predicted octanol–water partition coefficient (Wildman–Crippen LogP) is 3.64. The molecule has 0 spiro atoms. The molecule has 3 heterocycles. The highest BCUT2D eigenvalue weighted by atomic mass is 79.9. The lowest BCUT2D eigenvalue weighted by Crippen LogP contribution is -2.23. The molecule has 4 rings (SSSR count). The van der Waals surface area contributed by atoms with Crippen molar-refractivity contribution in [3.63, 3.8) is 0 Å². The molecule has 7 heteroatoms. The first-order valence-corrected chi connectivity index (χ1v) is 8.56. The van der Waals surface area contributed by atoms with Gasteiger partial charge in [-0.25, -0.2) is 9.97 Å². The van der Waals surface area contributed by atoms with E-state index in [9.17, 15) is 4.79 Å². The Morgan fingerprint density at radius 3 is 3.09 bits per heavy atom. The fraction of sp³-hybridized carbons (Fsp3) is 0.0625. The van der Waals surface area contributed by atoms with Crippen molar-refractivity contribution in [1.29, 1.82) is 0 Å². The van der Waals surface area contributed by atoms with Gasteiger partial charge in [-0.1, -0.05) is 12.1 Å². The molecule has 3 aromatic heterocycles. The number of fused-ring (bicyclic) bond motifs is 2. The summed E-state index contributed by atoms with van der Waals surface area (Å²) in [5.41, 5.74) is 2.13. The average molecular weight is 387 g/mol. The maximum absolute atomic E-state index is 12.5. The van der Waals surface area contributed by atoms with Crippen LogP contribution in [0, 0.1) is 0 Å². The molecule has 0 unspecified atom stereocenters. The molecule has 114 valence electrons. The lowest BCUT2D eigenvalue weighted by molar-refractivity contribution is 0.0952. The molecule has 0 atom stereocenters. The monoisotopic (exact) mass is 386 g/mol. The second-order valence-corrected chi connectivity index (χ2v) is 7.02. The minimum absolute atomic E-state index is 0.165. The Balaban J connectivity index is 1.58. The van der Waals surface area contributed by atoms with Gasteiger partial charge >= 0.3 is 0 Å². The number of nitrogens with one attached hydrogen (secondary N) is 1. The number of thiazole rings is 1. The molecular formula is C16H11BrN4OS. The summed E-state index contributed by atoms with van der Waals surface area (Å²) in [6.45, 7) is 0.400. The van der Waals surface area contributed by atoms with Crippen LogP contribution in [0.25, 0.3) is 15.9 Å². The second-order valence-electron chi connectivity index (χ2n) is 4.99. The highest BCUT2D eigenvalue weighted by molar-refractivity contribution is 9.10. The summed E-state index contributed by atoms with van der Waals surface area (Å²) in [5.74, 6) is -0.165. The number of carbonyl (C=O) groups is 1. The van der Waals surface area contributed by atoms with Crippen molar-refractivity contribution in [2.75, 3.05) is 0 Å². The molecule has 1 amide bonds. The first-order chi connectivity index (χ1) is 11.2. The summed E-state index contributed by atoms with van der Waals surface area (Å²) in [7, 11) is 0. The lowest BCUT2D eigenvalue weighted by Gasteiger charge is -2.06. The zero-order valence-electron chi connectivity index (χ0n) is 11.9. The molecule has 0 aliphatic carbocycles. The van der Waals surface area contributed by atoms with Crippen LogP contribution in [0.4, 0.5) is 0 Å². The number of amides is 1. The minimum Gasteiger partial charge on any atom is -0.345 e. The zero-order chi connectivity index (χ0) is 15.8. The van der Waals surface area contributed by atoms with E-state index in [0.717, 1.165) is 19.7 Å². The van der Waals surface area contributed by atoms with Gasteiger partial charge in [0.05, 0.1) is 22.3 Å². The number of carbonyl (C=O) groups excluding carboxylic acids is 1. The van der Waals surface area contributed by atoms with E-state index in [1.165, 1.54) is 0 Å². The van der Waals surface area contributed by atoms with E-state index in [4.69, 9.17) is 0 Å². The molecule has 0 fully saturated rings. The van der Waals surface area contributed by atoms with Crippen LogP contribution in [0.2, 0.25) is 0 Å². The lowest BCUT2D eigenvalue weighted by atomic mass is 10.2. The average Bonchev–Trinajstić information content (AvgIpc) is 3.17. The number of hydrogen-bond donors (Lipinski definition) is 1. The van der Waals surface area contributed by atoms with E-state index in [1.54, 1.807) is 23.6 Å². The number of benzene rings is 1. The summed E-state index contributed by atoms with van der Waals surface area (Å²) in [6, 6.07) is 9.72. The van der Waals surface area contributed by atoms with Gasteiger partial charge in [0.15, 0.2) is 0 Å². The van der Waals surface area contributed by atoms with Crippen LogP contribution in [-0.2, 0) is 6.54 Å². The first-order valence-electron chi connectivity index (χ1n) is 6.95. The van der Waals surface area contributed by atoms with Crippen LogP contribution in [0.15, 0.2) is 53.4 Å². The van der Waals surface area contributed by atoms with Crippen molar-refractivity contribution >= 4 is 49.0 Å². The fourth-order valence-corrected chi connectivity index (χ4v) is 3.77. The van der Waals surface area contributed by atoms with Gasteiger partial charge in [-0.05, 0) is 34.1 Å². The summed E-state index contributed by atoms with van der Waals surface area (Å²) < 4.78 is 3.76. The molecule has 4 aromatic rings. The van der Waals surface area contributed by atoms with Gasteiger partial charge < -0.3 is 9.72 Å². The highest BCUT2D eigenvalue weighted by Gasteiger charge is 2.13. The minimum atomic E-state index is -0.165. The van der Waals surface area contributed by atoms with Gasteiger partial charge in [0.2, 0.25) is 0 Å². The van der Waals surface area contributed by atoms with Crippen LogP contribution in [0.3, 0.4) is 0 Å². The molecule has 0 aliphatic rings. The third-order valence-electron chi connectivity index (χ3n) is 3.44. The molecule has 1 N–H and O–H groups in total. The summed E-state index contributed by atoms with van der Waals surface area (Å²) >= 11 is 5.00. The van der Waals surface area contributed by atoms with E-state index in [2.05, 4.69) is 31.2 Å². The molecule has 5 nitrogen and oxygen atoms in total. The number of halogens is 1. The third kappa shape index (κ3) is 2.73. The number of aromatic nitrogens is 3. The van der Waals surface area contributed by atoms with E-state index in [-0.39, 0.29) is 5.91 Å². The first kappa shape index (κ1) is 14.3.